The highest BCUT2D eigenvalue weighted by molar-refractivity contribution is 5.64. The van der Waals surface area contributed by atoms with Gasteiger partial charge in [-0.25, -0.2) is 4.39 Å². The summed E-state index contributed by atoms with van der Waals surface area (Å²) in [5.41, 5.74) is 4.29. The lowest BCUT2D eigenvalue weighted by Gasteiger charge is -2.29. The van der Waals surface area contributed by atoms with E-state index < -0.39 is 0 Å². The highest BCUT2D eigenvalue weighted by Gasteiger charge is 2.29. The van der Waals surface area contributed by atoms with Crippen LogP contribution in [0, 0.1) is 5.82 Å². The molecule has 0 bridgehead atoms. The van der Waals surface area contributed by atoms with Crippen molar-refractivity contribution in [3.8, 4) is 11.1 Å². The third-order valence-corrected chi connectivity index (χ3v) is 8.34. The Morgan fingerprint density at radius 2 is 1.17 bits per heavy atom. The van der Waals surface area contributed by atoms with Gasteiger partial charge in [0.1, 0.15) is 18.0 Å². The van der Waals surface area contributed by atoms with E-state index in [1.54, 1.807) is 6.07 Å². The molecule has 35 heavy (non-hydrogen) atoms. The minimum Gasteiger partial charge on any atom is -0.375 e. The molecule has 4 fully saturated rings. The summed E-state index contributed by atoms with van der Waals surface area (Å²) in [5, 5.41) is 0. The maximum absolute atomic E-state index is 15.1. The molecule has 4 aliphatic rings. The van der Waals surface area contributed by atoms with Crippen LogP contribution in [0.3, 0.4) is 0 Å². The number of hydrogen-bond donors (Lipinski definition) is 0. The summed E-state index contributed by atoms with van der Waals surface area (Å²) in [6.45, 7) is 3.17. The summed E-state index contributed by atoms with van der Waals surface area (Å²) in [5.74, 6) is 0.813. The van der Waals surface area contributed by atoms with Crippen LogP contribution in [-0.2, 0) is 18.9 Å². The molecule has 4 nitrogen and oxygen atoms in total. The molecule has 2 heterocycles. The summed E-state index contributed by atoms with van der Waals surface area (Å²) < 4.78 is 37.5. The van der Waals surface area contributed by atoms with Crippen LogP contribution >= 0.6 is 0 Å². The first kappa shape index (κ1) is 23.6. The molecule has 6 rings (SSSR count). The van der Waals surface area contributed by atoms with Crippen molar-refractivity contribution in [2.24, 2.45) is 0 Å². The second kappa shape index (κ2) is 10.7. The quantitative estimate of drug-likeness (QED) is 0.391. The van der Waals surface area contributed by atoms with Crippen molar-refractivity contribution in [1.82, 2.24) is 0 Å². The van der Waals surface area contributed by atoms with E-state index in [2.05, 4.69) is 30.3 Å². The zero-order valence-electron chi connectivity index (χ0n) is 20.5. The van der Waals surface area contributed by atoms with Gasteiger partial charge in [0, 0.05) is 0 Å². The molecule has 2 unspecified atom stereocenters. The van der Waals surface area contributed by atoms with Crippen molar-refractivity contribution in [1.29, 1.82) is 0 Å². The predicted octanol–water partition coefficient (Wildman–Crippen LogP) is 6.38. The van der Waals surface area contributed by atoms with Gasteiger partial charge in [0.25, 0.3) is 0 Å². The van der Waals surface area contributed by atoms with Gasteiger partial charge in [0.2, 0.25) is 0 Å². The van der Waals surface area contributed by atoms with Gasteiger partial charge < -0.3 is 18.9 Å². The highest BCUT2D eigenvalue weighted by atomic mass is 19.1. The molecule has 188 valence electrons. The molecule has 0 aromatic heterocycles. The monoisotopic (exact) mass is 480 g/mol. The lowest BCUT2D eigenvalue weighted by molar-refractivity contribution is 0.0163. The van der Waals surface area contributed by atoms with E-state index >= 15 is 4.39 Å². The Balaban J connectivity index is 1.02. The van der Waals surface area contributed by atoms with Gasteiger partial charge in [-0.1, -0.05) is 36.4 Å². The van der Waals surface area contributed by atoms with Crippen molar-refractivity contribution < 1.29 is 23.3 Å². The van der Waals surface area contributed by atoms with Crippen molar-refractivity contribution in [3.05, 3.63) is 59.4 Å². The van der Waals surface area contributed by atoms with Crippen molar-refractivity contribution in [2.75, 3.05) is 26.4 Å². The Hall–Kier alpha value is -1.79. The van der Waals surface area contributed by atoms with Gasteiger partial charge in [0.05, 0.1) is 38.6 Å². The number of rotatable bonds is 9. The molecule has 2 aliphatic heterocycles. The van der Waals surface area contributed by atoms with Crippen LogP contribution in [0.5, 0.6) is 0 Å². The van der Waals surface area contributed by atoms with Crippen LogP contribution in [0.25, 0.3) is 11.1 Å². The van der Waals surface area contributed by atoms with Crippen molar-refractivity contribution >= 4 is 0 Å². The summed E-state index contributed by atoms with van der Waals surface area (Å²) in [6.07, 6.45) is 9.91. The number of benzene rings is 2. The molecule has 0 amide bonds. The zero-order valence-corrected chi connectivity index (χ0v) is 20.5. The molecular formula is C30H37FO4. The predicted molar refractivity (Wildman–Crippen MR) is 133 cm³/mol. The Labute approximate surface area is 208 Å². The van der Waals surface area contributed by atoms with Crippen LogP contribution in [0.2, 0.25) is 0 Å². The molecule has 0 radical (unpaired) electrons. The molecule has 2 aromatic rings. The molecule has 2 saturated carbocycles. The molecule has 2 atom stereocenters. The van der Waals surface area contributed by atoms with Gasteiger partial charge in [-0.2, -0.15) is 0 Å². The average Bonchev–Trinajstić information content (AvgIpc) is 3.83. The lowest BCUT2D eigenvalue weighted by atomic mass is 9.81. The van der Waals surface area contributed by atoms with Gasteiger partial charge in [0.15, 0.2) is 0 Å². The van der Waals surface area contributed by atoms with Crippen LogP contribution in [0.15, 0.2) is 42.5 Å². The maximum atomic E-state index is 15.1. The highest BCUT2D eigenvalue weighted by Crippen LogP contribution is 2.38. The lowest BCUT2D eigenvalue weighted by Crippen LogP contribution is -2.23. The van der Waals surface area contributed by atoms with Crippen LogP contribution in [-0.4, -0.2) is 50.8 Å². The summed E-state index contributed by atoms with van der Waals surface area (Å²) in [6, 6.07) is 14.6. The summed E-state index contributed by atoms with van der Waals surface area (Å²) >= 11 is 0. The zero-order chi connectivity index (χ0) is 23.6. The molecular weight excluding hydrogens is 443 g/mol. The normalized spacial score (nSPS) is 32.4. The first-order chi connectivity index (χ1) is 17.2. The smallest absolute Gasteiger partial charge is 0.127 e. The second-order valence-corrected chi connectivity index (χ2v) is 10.9. The molecule has 2 aliphatic carbocycles. The minimum absolute atomic E-state index is 0.0720. The van der Waals surface area contributed by atoms with Gasteiger partial charge >= 0.3 is 0 Å². The first-order valence-corrected chi connectivity index (χ1v) is 13.6. The van der Waals surface area contributed by atoms with E-state index in [4.69, 9.17) is 18.9 Å². The first-order valence-electron chi connectivity index (χ1n) is 13.6. The molecule has 2 saturated heterocycles. The Kier molecular flexibility index (Phi) is 7.20. The number of epoxide rings is 2. The largest absolute Gasteiger partial charge is 0.375 e. The van der Waals surface area contributed by atoms with Gasteiger partial charge in [-0.15, -0.1) is 0 Å². The van der Waals surface area contributed by atoms with E-state index in [1.165, 1.54) is 18.4 Å². The third-order valence-electron chi connectivity index (χ3n) is 8.34. The van der Waals surface area contributed by atoms with Crippen LogP contribution < -0.4 is 0 Å². The summed E-state index contributed by atoms with van der Waals surface area (Å²) in [4.78, 5) is 0. The Morgan fingerprint density at radius 1 is 0.657 bits per heavy atom. The van der Waals surface area contributed by atoms with Gasteiger partial charge in [-0.05, 0) is 91.5 Å². The minimum atomic E-state index is -0.0720. The number of ether oxygens (including phenoxy) is 4. The van der Waals surface area contributed by atoms with E-state index in [0.29, 0.717) is 42.9 Å². The number of halogens is 1. The fourth-order valence-corrected chi connectivity index (χ4v) is 5.90. The number of hydrogen-bond acceptors (Lipinski definition) is 4. The van der Waals surface area contributed by atoms with Crippen LogP contribution in [0.1, 0.15) is 74.3 Å². The van der Waals surface area contributed by atoms with E-state index in [-0.39, 0.29) is 5.82 Å². The Bertz CT molecular complexity index is 968. The molecule has 2 aromatic carbocycles. The third kappa shape index (κ3) is 6.14. The van der Waals surface area contributed by atoms with Crippen LogP contribution in [0.4, 0.5) is 4.39 Å². The topological polar surface area (TPSA) is 43.5 Å². The van der Waals surface area contributed by atoms with E-state index in [1.807, 2.05) is 6.07 Å². The Morgan fingerprint density at radius 3 is 1.69 bits per heavy atom. The van der Waals surface area contributed by atoms with Crippen molar-refractivity contribution in [3.63, 3.8) is 0 Å². The standard InChI is InChI=1S/C30H37FO4/c31-30-15-24(9-14-29(30)23-7-12-26(13-8-23)33-17-28-19-35-28)22-3-1-20(2-4-22)21-5-10-25(11-6-21)32-16-27-18-34-27/h1-4,9,14-15,21,23,25-28H,5-8,10-13,16-19H2. The van der Waals surface area contributed by atoms with Gasteiger partial charge in [-0.3, -0.25) is 0 Å². The van der Waals surface area contributed by atoms with Crippen molar-refractivity contribution in [2.45, 2.75) is 87.6 Å². The maximum Gasteiger partial charge on any atom is 0.127 e. The second-order valence-electron chi connectivity index (χ2n) is 10.9. The fourth-order valence-electron chi connectivity index (χ4n) is 5.90. The van der Waals surface area contributed by atoms with E-state index in [0.717, 1.165) is 75.0 Å². The molecule has 0 spiro atoms. The molecule has 5 heteroatoms. The SMILES string of the molecule is Fc1cc(-c2ccc(C3CCC(OCC4CO4)CC3)cc2)ccc1C1CCC(OCC2CO2)CC1. The average molecular weight is 481 g/mol. The fraction of sp³-hybridized carbons (Fsp3) is 0.600. The van der Waals surface area contributed by atoms with E-state index in [9.17, 15) is 0 Å². The summed E-state index contributed by atoms with van der Waals surface area (Å²) in [7, 11) is 0. The molecule has 0 N–H and O–H groups in total.